The number of halogens is 3. The van der Waals surface area contributed by atoms with Crippen LogP contribution in [0.15, 0.2) is 16.5 Å². The predicted octanol–water partition coefficient (Wildman–Crippen LogP) is 2.21. The van der Waals surface area contributed by atoms with Crippen LogP contribution in [0.3, 0.4) is 0 Å². The second-order valence-corrected chi connectivity index (χ2v) is 3.10. The maximum absolute atomic E-state index is 12.9. The minimum atomic E-state index is -1.59. The zero-order valence-electron chi connectivity index (χ0n) is 8.17. The van der Waals surface area contributed by atoms with Crippen LogP contribution in [0.1, 0.15) is 5.69 Å². The molecule has 86 valence electrons. The van der Waals surface area contributed by atoms with Gasteiger partial charge in [0.1, 0.15) is 6.07 Å². The Labute approximate surface area is 93.1 Å². The Kier molecular flexibility index (Phi) is 2.48. The van der Waals surface area contributed by atoms with Crippen molar-refractivity contribution >= 4 is 5.88 Å². The topological polar surface area (TPSA) is 75.8 Å². The van der Waals surface area contributed by atoms with Crippen LogP contribution in [0.5, 0.6) is 0 Å². The molecule has 0 radical (unpaired) electrons. The summed E-state index contributed by atoms with van der Waals surface area (Å²) in [6, 6.07) is 3.03. The number of benzene rings is 1. The van der Waals surface area contributed by atoms with Crippen molar-refractivity contribution in [3.05, 3.63) is 35.3 Å². The number of anilines is 1. The third-order valence-corrected chi connectivity index (χ3v) is 1.99. The van der Waals surface area contributed by atoms with Gasteiger partial charge in [0.25, 0.3) is 0 Å². The van der Waals surface area contributed by atoms with Crippen molar-refractivity contribution in [1.29, 1.82) is 5.26 Å². The molecule has 1 aromatic heterocycles. The van der Waals surface area contributed by atoms with Gasteiger partial charge in [0.2, 0.25) is 17.5 Å². The molecule has 0 amide bonds. The quantitative estimate of drug-likeness (QED) is 0.774. The van der Waals surface area contributed by atoms with Crippen LogP contribution in [-0.2, 0) is 0 Å². The number of rotatable bonds is 1. The normalized spacial score (nSPS) is 10.2. The van der Waals surface area contributed by atoms with Crippen LogP contribution in [0, 0.1) is 28.8 Å². The summed E-state index contributed by atoms with van der Waals surface area (Å²) in [4.78, 5) is 3.60. The van der Waals surface area contributed by atoms with Gasteiger partial charge in [-0.15, -0.1) is 0 Å². The molecule has 4 nitrogen and oxygen atoms in total. The number of nitrogens with zero attached hydrogens (tertiary/aromatic N) is 2. The summed E-state index contributed by atoms with van der Waals surface area (Å²) >= 11 is 0. The molecule has 2 N–H and O–H groups in total. The van der Waals surface area contributed by atoms with Crippen LogP contribution >= 0.6 is 0 Å². The van der Waals surface area contributed by atoms with Crippen molar-refractivity contribution in [2.75, 3.05) is 5.73 Å². The number of oxazole rings is 1. The summed E-state index contributed by atoms with van der Waals surface area (Å²) in [6.45, 7) is 0. The van der Waals surface area contributed by atoms with Crippen LogP contribution in [0.4, 0.5) is 19.1 Å². The van der Waals surface area contributed by atoms with Gasteiger partial charge in [-0.05, 0) is 12.1 Å². The van der Waals surface area contributed by atoms with Crippen LogP contribution < -0.4 is 5.73 Å². The van der Waals surface area contributed by atoms with E-state index >= 15 is 0 Å². The van der Waals surface area contributed by atoms with Gasteiger partial charge in [0.15, 0.2) is 17.5 Å². The SMILES string of the molecule is N#Cc1nc(-c2cc(F)c(F)c(F)c2)oc1N. The average Bonchev–Trinajstić information content (AvgIpc) is 2.66. The standard InChI is InChI=1S/C10H4F3N3O/c11-5-1-4(2-6(12)8(5)13)10-16-7(3-14)9(15)17-10/h1-2H,15H2. The molecule has 0 aliphatic carbocycles. The van der Waals surface area contributed by atoms with E-state index < -0.39 is 17.5 Å². The van der Waals surface area contributed by atoms with E-state index in [2.05, 4.69) is 4.98 Å². The Hall–Kier alpha value is -2.49. The smallest absolute Gasteiger partial charge is 0.230 e. The van der Waals surface area contributed by atoms with E-state index in [9.17, 15) is 13.2 Å². The Morgan fingerprint density at radius 1 is 1.24 bits per heavy atom. The molecule has 2 aromatic rings. The van der Waals surface area contributed by atoms with E-state index in [1.807, 2.05) is 0 Å². The second-order valence-electron chi connectivity index (χ2n) is 3.10. The van der Waals surface area contributed by atoms with Gasteiger partial charge in [0.05, 0.1) is 0 Å². The summed E-state index contributed by atoms with van der Waals surface area (Å²) in [5.74, 6) is -4.87. The molecule has 0 saturated carbocycles. The van der Waals surface area contributed by atoms with Gasteiger partial charge in [-0.3, -0.25) is 0 Å². The van der Waals surface area contributed by atoms with Gasteiger partial charge in [0, 0.05) is 5.56 Å². The van der Waals surface area contributed by atoms with E-state index in [0.29, 0.717) is 12.1 Å². The van der Waals surface area contributed by atoms with E-state index in [4.69, 9.17) is 15.4 Å². The van der Waals surface area contributed by atoms with Crippen LogP contribution in [-0.4, -0.2) is 4.98 Å². The minimum absolute atomic E-state index is 0.144. The molecule has 1 aromatic carbocycles. The molecule has 2 rings (SSSR count). The zero-order chi connectivity index (χ0) is 12.6. The van der Waals surface area contributed by atoms with Crippen molar-refractivity contribution in [2.45, 2.75) is 0 Å². The van der Waals surface area contributed by atoms with Gasteiger partial charge >= 0.3 is 0 Å². The summed E-state index contributed by atoms with van der Waals surface area (Å²) in [5.41, 5.74) is 4.93. The van der Waals surface area contributed by atoms with Crippen molar-refractivity contribution in [3.8, 4) is 17.5 Å². The fourth-order valence-corrected chi connectivity index (χ4v) is 1.21. The third kappa shape index (κ3) is 1.80. The van der Waals surface area contributed by atoms with Gasteiger partial charge in [-0.1, -0.05) is 0 Å². The first-order valence-electron chi connectivity index (χ1n) is 4.34. The Balaban J connectivity index is 2.57. The third-order valence-electron chi connectivity index (χ3n) is 1.99. The number of nitrogen functional groups attached to an aromatic ring is 1. The highest BCUT2D eigenvalue weighted by atomic mass is 19.2. The number of nitriles is 1. The molecule has 1 heterocycles. The Bertz CT molecular complexity index is 607. The van der Waals surface area contributed by atoms with E-state index in [1.54, 1.807) is 6.07 Å². The second kappa shape index (κ2) is 3.83. The monoisotopic (exact) mass is 239 g/mol. The lowest BCUT2D eigenvalue weighted by atomic mass is 10.2. The first kappa shape index (κ1) is 11.0. The van der Waals surface area contributed by atoms with Crippen molar-refractivity contribution in [1.82, 2.24) is 4.98 Å². The van der Waals surface area contributed by atoms with Crippen molar-refractivity contribution in [3.63, 3.8) is 0 Å². The number of aromatic nitrogens is 1. The highest BCUT2D eigenvalue weighted by molar-refractivity contribution is 5.57. The molecule has 0 bridgehead atoms. The molecule has 0 unspecified atom stereocenters. The molecular weight excluding hydrogens is 235 g/mol. The van der Waals surface area contributed by atoms with Crippen LogP contribution in [0.25, 0.3) is 11.5 Å². The highest BCUT2D eigenvalue weighted by Gasteiger charge is 2.16. The van der Waals surface area contributed by atoms with E-state index in [-0.39, 0.29) is 23.0 Å². The molecular formula is C10H4F3N3O. The number of nitrogens with two attached hydrogens (primary N) is 1. The molecule has 0 aliphatic rings. The summed E-state index contributed by atoms with van der Waals surface area (Å²) in [6.07, 6.45) is 0. The first-order valence-corrected chi connectivity index (χ1v) is 4.34. The molecule has 7 heteroatoms. The van der Waals surface area contributed by atoms with Gasteiger partial charge < -0.3 is 10.2 Å². The summed E-state index contributed by atoms with van der Waals surface area (Å²) in [7, 11) is 0. The fraction of sp³-hybridized carbons (Fsp3) is 0. The lowest BCUT2D eigenvalue weighted by Crippen LogP contribution is -1.91. The predicted molar refractivity (Wildman–Crippen MR) is 50.9 cm³/mol. The van der Waals surface area contributed by atoms with Crippen molar-refractivity contribution in [2.24, 2.45) is 0 Å². The number of hydrogen-bond acceptors (Lipinski definition) is 4. The summed E-state index contributed by atoms with van der Waals surface area (Å²) < 4.78 is 43.4. The van der Waals surface area contributed by atoms with Crippen LogP contribution in [0.2, 0.25) is 0 Å². The van der Waals surface area contributed by atoms with Gasteiger partial charge in [-0.2, -0.15) is 10.2 Å². The Morgan fingerprint density at radius 3 is 2.29 bits per heavy atom. The molecule has 0 fully saturated rings. The zero-order valence-corrected chi connectivity index (χ0v) is 8.17. The first-order chi connectivity index (χ1) is 8.02. The lowest BCUT2D eigenvalue weighted by molar-refractivity contribution is 0.447. The average molecular weight is 239 g/mol. The molecule has 0 atom stereocenters. The molecule has 0 aliphatic heterocycles. The summed E-state index contributed by atoms with van der Waals surface area (Å²) in [5, 5.41) is 8.57. The minimum Gasteiger partial charge on any atom is -0.419 e. The molecule has 17 heavy (non-hydrogen) atoms. The fourth-order valence-electron chi connectivity index (χ4n) is 1.21. The highest BCUT2D eigenvalue weighted by Crippen LogP contribution is 2.26. The lowest BCUT2D eigenvalue weighted by Gasteiger charge is -1.98. The molecule has 0 spiro atoms. The Morgan fingerprint density at radius 2 is 1.82 bits per heavy atom. The largest absolute Gasteiger partial charge is 0.419 e. The molecule has 0 saturated heterocycles. The van der Waals surface area contributed by atoms with E-state index in [0.717, 1.165) is 0 Å². The number of hydrogen-bond donors (Lipinski definition) is 1. The van der Waals surface area contributed by atoms with Gasteiger partial charge in [-0.25, -0.2) is 13.2 Å². The maximum Gasteiger partial charge on any atom is 0.230 e. The van der Waals surface area contributed by atoms with Crippen molar-refractivity contribution < 1.29 is 17.6 Å². The van der Waals surface area contributed by atoms with E-state index in [1.165, 1.54) is 0 Å². The maximum atomic E-state index is 12.9.